The van der Waals surface area contributed by atoms with Gasteiger partial charge in [0.1, 0.15) is 11.4 Å². The van der Waals surface area contributed by atoms with Gasteiger partial charge in [-0.3, -0.25) is 0 Å². The summed E-state index contributed by atoms with van der Waals surface area (Å²) in [6.07, 6.45) is 1.29. The summed E-state index contributed by atoms with van der Waals surface area (Å²) in [7, 11) is 0. The monoisotopic (exact) mass is 277 g/mol. The van der Waals surface area contributed by atoms with Gasteiger partial charge in [-0.15, -0.1) is 0 Å². The average molecular weight is 277 g/mol. The summed E-state index contributed by atoms with van der Waals surface area (Å²) >= 11 is 0. The molecule has 112 valence electrons. The zero-order valence-corrected chi connectivity index (χ0v) is 13.3. The summed E-state index contributed by atoms with van der Waals surface area (Å²) in [5, 5.41) is 0. The number of piperidine rings is 1. The SMILES string of the molecule is CC1CC(C)CN(c2ccc(N)c(OC(C)(C)C)n2)C1. The average Bonchev–Trinajstić information content (AvgIpc) is 2.29. The largest absolute Gasteiger partial charge is 0.470 e. The maximum Gasteiger partial charge on any atom is 0.239 e. The fourth-order valence-electron chi connectivity index (χ4n) is 2.84. The third-order valence-corrected chi connectivity index (χ3v) is 3.47. The first-order chi connectivity index (χ1) is 9.24. The highest BCUT2D eigenvalue weighted by Crippen LogP contribution is 2.30. The van der Waals surface area contributed by atoms with Gasteiger partial charge in [0.2, 0.25) is 5.88 Å². The van der Waals surface area contributed by atoms with Crippen LogP contribution < -0.4 is 15.4 Å². The van der Waals surface area contributed by atoms with Gasteiger partial charge in [-0.25, -0.2) is 0 Å². The molecule has 0 spiro atoms. The lowest BCUT2D eigenvalue weighted by molar-refractivity contribution is 0.125. The Balaban J connectivity index is 2.22. The van der Waals surface area contributed by atoms with Crippen molar-refractivity contribution in [1.29, 1.82) is 0 Å². The van der Waals surface area contributed by atoms with Gasteiger partial charge in [0.15, 0.2) is 0 Å². The molecule has 1 aromatic heterocycles. The summed E-state index contributed by atoms with van der Waals surface area (Å²) in [5.74, 6) is 2.91. The number of anilines is 2. The normalized spacial score (nSPS) is 23.8. The van der Waals surface area contributed by atoms with Crippen molar-refractivity contribution >= 4 is 11.5 Å². The van der Waals surface area contributed by atoms with Crippen LogP contribution in [0.2, 0.25) is 0 Å². The molecule has 1 aliphatic rings. The molecule has 0 radical (unpaired) electrons. The van der Waals surface area contributed by atoms with E-state index in [9.17, 15) is 0 Å². The minimum absolute atomic E-state index is 0.289. The molecule has 0 aliphatic carbocycles. The molecule has 2 unspecified atom stereocenters. The van der Waals surface area contributed by atoms with Crippen molar-refractivity contribution in [1.82, 2.24) is 4.98 Å². The van der Waals surface area contributed by atoms with E-state index in [1.165, 1.54) is 6.42 Å². The van der Waals surface area contributed by atoms with Crippen LogP contribution in [0.25, 0.3) is 0 Å². The Morgan fingerprint density at radius 1 is 1.20 bits per heavy atom. The van der Waals surface area contributed by atoms with E-state index in [-0.39, 0.29) is 5.60 Å². The van der Waals surface area contributed by atoms with Gasteiger partial charge >= 0.3 is 0 Å². The second-order valence-corrected chi connectivity index (χ2v) is 7.13. The number of nitrogens with zero attached hydrogens (tertiary/aromatic N) is 2. The molecule has 2 rings (SSSR count). The maximum absolute atomic E-state index is 5.97. The van der Waals surface area contributed by atoms with E-state index in [0.29, 0.717) is 23.4 Å². The lowest BCUT2D eigenvalue weighted by Gasteiger charge is -2.36. The molecule has 4 nitrogen and oxygen atoms in total. The number of ether oxygens (including phenoxy) is 1. The van der Waals surface area contributed by atoms with Gasteiger partial charge in [-0.1, -0.05) is 13.8 Å². The Kier molecular flexibility index (Phi) is 4.11. The van der Waals surface area contributed by atoms with Crippen LogP contribution in [-0.4, -0.2) is 23.7 Å². The summed E-state index contributed by atoms with van der Waals surface area (Å²) in [6.45, 7) is 12.7. The van der Waals surface area contributed by atoms with Crippen LogP contribution in [0.3, 0.4) is 0 Å². The molecule has 0 aromatic carbocycles. The van der Waals surface area contributed by atoms with Gasteiger partial charge < -0.3 is 15.4 Å². The molecule has 2 heterocycles. The molecule has 4 heteroatoms. The van der Waals surface area contributed by atoms with Crippen molar-refractivity contribution in [2.24, 2.45) is 11.8 Å². The number of nitrogens with two attached hydrogens (primary N) is 1. The Morgan fingerprint density at radius 2 is 1.80 bits per heavy atom. The Morgan fingerprint density at radius 3 is 2.35 bits per heavy atom. The molecule has 0 amide bonds. The second-order valence-electron chi connectivity index (χ2n) is 7.13. The molecule has 1 saturated heterocycles. The highest BCUT2D eigenvalue weighted by atomic mass is 16.5. The third kappa shape index (κ3) is 3.78. The van der Waals surface area contributed by atoms with Crippen LogP contribution in [0.4, 0.5) is 11.5 Å². The topological polar surface area (TPSA) is 51.4 Å². The first-order valence-electron chi connectivity index (χ1n) is 7.45. The lowest BCUT2D eigenvalue weighted by atomic mass is 9.92. The van der Waals surface area contributed by atoms with E-state index in [2.05, 4.69) is 23.7 Å². The van der Waals surface area contributed by atoms with Gasteiger partial charge in [-0.2, -0.15) is 4.98 Å². The van der Waals surface area contributed by atoms with Crippen LogP contribution in [0.5, 0.6) is 5.88 Å². The lowest BCUT2D eigenvalue weighted by Crippen LogP contribution is -2.39. The zero-order valence-electron chi connectivity index (χ0n) is 13.3. The molecule has 1 aromatic rings. The standard InChI is InChI=1S/C16H27N3O/c1-11-8-12(2)10-19(9-11)14-7-6-13(17)15(18-14)20-16(3,4)5/h6-7,11-12H,8-10,17H2,1-5H3. The van der Waals surface area contributed by atoms with Crippen LogP contribution in [-0.2, 0) is 0 Å². The van der Waals surface area contributed by atoms with E-state index in [1.54, 1.807) is 0 Å². The van der Waals surface area contributed by atoms with E-state index < -0.39 is 0 Å². The van der Waals surface area contributed by atoms with Gasteiger partial charge in [0, 0.05) is 13.1 Å². The van der Waals surface area contributed by atoms with Crippen molar-refractivity contribution < 1.29 is 4.74 Å². The fraction of sp³-hybridized carbons (Fsp3) is 0.688. The first-order valence-corrected chi connectivity index (χ1v) is 7.45. The molecular weight excluding hydrogens is 250 g/mol. The summed E-state index contributed by atoms with van der Waals surface area (Å²) < 4.78 is 5.85. The van der Waals surface area contributed by atoms with Crippen LogP contribution in [0.15, 0.2) is 12.1 Å². The predicted molar refractivity (Wildman–Crippen MR) is 84.2 cm³/mol. The van der Waals surface area contributed by atoms with Crippen molar-refractivity contribution in [2.45, 2.75) is 46.6 Å². The number of hydrogen-bond acceptors (Lipinski definition) is 4. The van der Waals surface area contributed by atoms with E-state index in [4.69, 9.17) is 10.5 Å². The minimum Gasteiger partial charge on any atom is -0.470 e. The van der Waals surface area contributed by atoms with E-state index in [1.807, 2.05) is 32.9 Å². The number of hydrogen-bond donors (Lipinski definition) is 1. The molecular formula is C16H27N3O. The molecule has 20 heavy (non-hydrogen) atoms. The fourth-order valence-corrected chi connectivity index (χ4v) is 2.84. The number of rotatable bonds is 2. The van der Waals surface area contributed by atoms with Crippen LogP contribution in [0, 0.1) is 11.8 Å². The van der Waals surface area contributed by atoms with Crippen LogP contribution in [0.1, 0.15) is 41.0 Å². The maximum atomic E-state index is 5.97. The van der Waals surface area contributed by atoms with E-state index in [0.717, 1.165) is 18.9 Å². The van der Waals surface area contributed by atoms with Crippen molar-refractivity contribution in [3.8, 4) is 5.88 Å². The number of nitrogen functional groups attached to an aromatic ring is 1. The van der Waals surface area contributed by atoms with Crippen molar-refractivity contribution in [3.05, 3.63) is 12.1 Å². The molecule has 1 aliphatic heterocycles. The minimum atomic E-state index is -0.289. The number of pyridine rings is 1. The van der Waals surface area contributed by atoms with Gasteiger partial charge in [0.05, 0.1) is 5.69 Å². The van der Waals surface area contributed by atoms with Gasteiger partial charge in [0.25, 0.3) is 0 Å². The summed E-state index contributed by atoms with van der Waals surface area (Å²) in [4.78, 5) is 6.97. The predicted octanol–water partition coefficient (Wildman–Crippen LogP) is 3.32. The van der Waals surface area contributed by atoms with E-state index >= 15 is 0 Å². The summed E-state index contributed by atoms with van der Waals surface area (Å²) in [5.41, 5.74) is 6.28. The Labute approximate surface area is 122 Å². The quantitative estimate of drug-likeness (QED) is 0.901. The second kappa shape index (κ2) is 5.51. The Hall–Kier alpha value is -1.45. The molecule has 2 atom stereocenters. The Bertz CT molecular complexity index is 457. The highest BCUT2D eigenvalue weighted by molar-refractivity contribution is 5.55. The van der Waals surface area contributed by atoms with Crippen molar-refractivity contribution in [3.63, 3.8) is 0 Å². The van der Waals surface area contributed by atoms with Crippen LogP contribution >= 0.6 is 0 Å². The smallest absolute Gasteiger partial charge is 0.239 e. The van der Waals surface area contributed by atoms with Gasteiger partial charge in [-0.05, 0) is 51.2 Å². The summed E-state index contributed by atoms with van der Waals surface area (Å²) in [6, 6.07) is 3.89. The number of aromatic nitrogens is 1. The zero-order chi connectivity index (χ0) is 14.9. The van der Waals surface area contributed by atoms with Crippen molar-refractivity contribution in [2.75, 3.05) is 23.7 Å². The molecule has 0 saturated carbocycles. The third-order valence-electron chi connectivity index (χ3n) is 3.47. The highest BCUT2D eigenvalue weighted by Gasteiger charge is 2.24. The first kappa shape index (κ1) is 14.9. The molecule has 0 bridgehead atoms. The molecule has 2 N–H and O–H groups in total. The molecule has 1 fully saturated rings.